The highest BCUT2D eigenvalue weighted by Crippen LogP contribution is 2.33. The molecule has 0 bridgehead atoms. The van der Waals surface area contributed by atoms with Crippen LogP contribution in [0.3, 0.4) is 0 Å². The van der Waals surface area contributed by atoms with Gasteiger partial charge < -0.3 is 38.3 Å². The van der Waals surface area contributed by atoms with E-state index < -0.39 is 44.6 Å². The Morgan fingerprint density at radius 2 is 0.677 bits per heavy atom. The summed E-state index contributed by atoms with van der Waals surface area (Å²) in [6.45, 7) is 47.2. The number of aliphatic hydroxyl groups is 1. The predicted octanol–water partition coefficient (Wildman–Crippen LogP) is 9.53. The van der Waals surface area contributed by atoms with Crippen LogP contribution in [0.1, 0.15) is 150 Å². The molecule has 0 aromatic carbocycles. The average Bonchev–Trinajstić information content (AvgIpc) is 3.19. The Morgan fingerprint density at radius 1 is 0.435 bits per heavy atom. The minimum Gasteiger partial charge on any atom is -0.396 e. The molecule has 0 spiro atoms. The Kier molecular flexibility index (Phi) is 29.7. The van der Waals surface area contributed by atoms with Crippen molar-refractivity contribution in [3.63, 3.8) is 0 Å². The molecule has 12 heteroatoms. The van der Waals surface area contributed by atoms with Crippen LogP contribution in [0, 0.1) is 5.41 Å². The summed E-state index contributed by atoms with van der Waals surface area (Å²) in [5.41, 5.74) is -6.59. The van der Waals surface area contributed by atoms with Gasteiger partial charge in [0.1, 0.15) is 16.8 Å². The second-order valence-electron chi connectivity index (χ2n) is 19.2. The van der Waals surface area contributed by atoms with Gasteiger partial charge in [0.05, 0.1) is 74.1 Å². The van der Waals surface area contributed by atoms with Crippen molar-refractivity contribution >= 4 is 23.1 Å². The zero-order valence-corrected chi connectivity index (χ0v) is 42.3. The molecule has 0 aliphatic rings. The van der Waals surface area contributed by atoms with Gasteiger partial charge in [0.15, 0.2) is 23.1 Å². The van der Waals surface area contributed by atoms with E-state index >= 15 is 0 Å². The van der Waals surface area contributed by atoms with Gasteiger partial charge in [0.25, 0.3) is 0 Å². The van der Waals surface area contributed by atoms with Gasteiger partial charge in [-0.1, -0.05) is 47.1 Å². The molecule has 0 amide bonds. The normalized spacial score (nSPS) is 12.9. The number of carbonyl (C=O) groups excluding carboxylic acids is 4. The van der Waals surface area contributed by atoms with Crippen molar-refractivity contribution in [3.8, 4) is 0 Å². The first kappa shape index (κ1) is 63.6. The van der Waals surface area contributed by atoms with Crippen LogP contribution in [0.15, 0.2) is 50.6 Å². The fourth-order valence-corrected chi connectivity index (χ4v) is 4.95. The minimum atomic E-state index is -1.01. The predicted molar refractivity (Wildman–Crippen MR) is 251 cm³/mol. The lowest BCUT2D eigenvalue weighted by Gasteiger charge is -2.42. The molecular weight excluding hydrogens is 793 g/mol. The lowest BCUT2D eigenvalue weighted by Crippen LogP contribution is -2.49. The summed E-state index contributed by atoms with van der Waals surface area (Å²) in [5, 5.41) is 9.76. The van der Waals surface area contributed by atoms with E-state index in [4.69, 9.17) is 33.2 Å². The first-order valence-corrected chi connectivity index (χ1v) is 22.0. The third-order valence-corrected chi connectivity index (χ3v) is 10.2. The summed E-state index contributed by atoms with van der Waals surface area (Å²) in [7, 11) is 0. The maximum atomic E-state index is 12.3. The number of hydrogen-bond acceptors (Lipinski definition) is 12. The Bertz CT molecular complexity index is 1250. The molecule has 362 valence electrons. The topological polar surface area (TPSA) is 153 Å². The van der Waals surface area contributed by atoms with Gasteiger partial charge in [-0.25, -0.2) is 0 Å². The largest absolute Gasteiger partial charge is 0.396 e. The number of ether oxygens (including phenoxy) is 7. The number of hydrogen-bond donors (Lipinski definition) is 1. The second kappa shape index (κ2) is 29.0. The van der Waals surface area contributed by atoms with Crippen molar-refractivity contribution in [2.75, 3.05) is 52.9 Å². The van der Waals surface area contributed by atoms with E-state index in [0.29, 0.717) is 32.1 Å². The zero-order chi connectivity index (χ0) is 49.3. The molecule has 0 saturated heterocycles. The van der Waals surface area contributed by atoms with Crippen molar-refractivity contribution < 1.29 is 57.4 Å². The number of aliphatic hydroxyl groups excluding tert-OH is 1. The molecule has 0 unspecified atom stereocenters. The molecule has 0 aromatic heterocycles. The lowest BCUT2D eigenvalue weighted by molar-refractivity contribution is -0.197. The highest BCUT2D eigenvalue weighted by molar-refractivity contribution is 5.96. The third kappa shape index (κ3) is 27.5. The van der Waals surface area contributed by atoms with E-state index in [-0.39, 0.29) is 76.0 Å². The molecule has 0 saturated carbocycles. The summed E-state index contributed by atoms with van der Waals surface area (Å²) in [5.74, 6) is -0.505. The van der Waals surface area contributed by atoms with Gasteiger partial charge >= 0.3 is 0 Å². The molecule has 0 heterocycles. The number of ketones is 4. The summed E-state index contributed by atoms with van der Waals surface area (Å²) in [6, 6.07) is 0. The van der Waals surface area contributed by atoms with Crippen molar-refractivity contribution in [3.05, 3.63) is 50.6 Å². The van der Waals surface area contributed by atoms with Crippen molar-refractivity contribution in [2.45, 2.75) is 189 Å². The van der Waals surface area contributed by atoms with Crippen LogP contribution in [0.5, 0.6) is 0 Å². The van der Waals surface area contributed by atoms with Gasteiger partial charge in [-0.15, -0.1) is 0 Å². The first-order valence-electron chi connectivity index (χ1n) is 22.0. The molecule has 62 heavy (non-hydrogen) atoms. The van der Waals surface area contributed by atoms with Crippen LogP contribution in [0.2, 0.25) is 0 Å². The van der Waals surface area contributed by atoms with Gasteiger partial charge in [0, 0.05) is 13.0 Å². The maximum Gasteiger partial charge on any atom is 0.186 e. The van der Waals surface area contributed by atoms with Crippen LogP contribution in [-0.4, -0.2) is 120 Å². The van der Waals surface area contributed by atoms with Crippen LogP contribution < -0.4 is 0 Å². The fraction of sp³-hybridized carbons (Fsp3) is 0.760. The number of carbonyl (C=O) groups is 4. The van der Waals surface area contributed by atoms with Crippen molar-refractivity contribution in [1.82, 2.24) is 0 Å². The Labute approximate surface area is 377 Å². The van der Waals surface area contributed by atoms with E-state index in [1.807, 2.05) is 76.2 Å². The molecule has 0 aliphatic heterocycles. The van der Waals surface area contributed by atoms with E-state index in [1.165, 1.54) is 24.3 Å². The van der Waals surface area contributed by atoms with Crippen LogP contribution in [-0.2, 0) is 52.3 Å². The highest BCUT2D eigenvalue weighted by atomic mass is 16.6. The minimum absolute atomic E-state index is 0.0449. The molecule has 12 nitrogen and oxygen atoms in total. The monoisotopic (exact) mass is 883 g/mol. The number of allylic oxidation sites excluding steroid dienone is 1. The first-order chi connectivity index (χ1) is 28.3. The fourth-order valence-electron chi connectivity index (χ4n) is 4.95. The molecule has 0 aliphatic carbocycles. The van der Waals surface area contributed by atoms with Gasteiger partial charge in [-0.05, 0) is 147 Å². The smallest absolute Gasteiger partial charge is 0.186 e. The molecular formula is C50H90O12. The lowest BCUT2D eigenvalue weighted by atomic mass is 9.89. The molecule has 0 radical (unpaired) electrons. The standard InChI is InChI=1S/C43H76O11.C5H8O.C2H6/c1-18-33(45)40(12,13)48-26-22-37(6,7)52-30-43(29-51-36(4,5)21-25-44,31-53-38(8,9)23-27-49-41(14,15)34(46)19-2)32-54-39(10,11)24-28-50-42(16,17)35(47)20-3;1-3-5(6)4-2;1-2/h18-20,44H,1-3,21-32H2,4-17H3;3H,1,4H2,2H3;1-2H3. The summed E-state index contributed by atoms with van der Waals surface area (Å²) < 4.78 is 44.3. The van der Waals surface area contributed by atoms with Gasteiger partial charge in [-0.3, -0.25) is 19.2 Å². The SMILES string of the molecule is C=CC(=O)C(C)(C)OCCC(C)(C)OCC(COC(C)(C)CCO)(COC(C)(C)CCOC(C)(C)C(=O)C=C)COC(C)(C)CCOC(C)(C)C(=O)C=C.C=CC(=O)CC.CC. The quantitative estimate of drug-likeness (QED) is 0.0613. The van der Waals surface area contributed by atoms with Crippen LogP contribution in [0.25, 0.3) is 0 Å². The Morgan fingerprint density at radius 3 is 0.855 bits per heavy atom. The second-order valence-corrected chi connectivity index (χ2v) is 19.2. The molecule has 0 aromatic rings. The number of rotatable bonds is 34. The molecule has 0 fully saturated rings. The van der Waals surface area contributed by atoms with E-state index in [1.54, 1.807) is 41.5 Å². The average molecular weight is 883 g/mol. The summed E-state index contributed by atoms with van der Waals surface area (Å²) in [6.07, 6.45) is 7.57. The maximum absolute atomic E-state index is 12.3. The Balaban J connectivity index is -0.00000397. The molecule has 1 N–H and O–H groups in total. The summed E-state index contributed by atoms with van der Waals surface area (Å²) in [4.78, 5) is 46.9. The van der Waals surface area contributed by atoms with Crippen LogP contribution >= 0.6 is 0 Å². The summed E-state index contributed by atoms with van der Waals surface area (Å²) >= 11 is 0. The highest BCUT2D eigenvalue weighted by Gasteiger charge is 2.41. The van der Waals surface area contributed by atoms with Gasteiger partial charge in [-0.2, -0.15) is 0 Å². The van der Waals surface area contributed by atoms with E-state index in [9.17, 15) is 24.3 Å². The molecule has 0 atom stereocenters. The third-order valence-electron chi connectivity index (χ3n) is 10.2. The van der Waals surface area contributed by atoms with E-state index in [2.05, 4.69) is 26.3 Å². The van der Waals surface area contributed by atoms with Gasteiger partial charge in [0.2, 0.25) is 0 Å². The van der Waals surface area contributed by atoms with Crippen LogP contribution in [0.4, 0.5) is 0 Å². The van der Waals surface area contributed by atoms with Crippen molar-refractivity contribution in [2.24, 2.45) is 5.41 Å². The zero-order valence-electron chi connectivity index (χ0n) is 42.3. The van der Waals surface area contributed by atoms with Crippen molar-refractivity contribution in [1.29, 1.82) is 0 Å². The Hall–Kier alpha value is -2.68. The van der Waals surface area contributed by atoms with E-state index in [0.717, 1.165) is 0 Å². The molecule has 0 rings (SSSR count).